The van der Waals surface area contributed by atoms with E-state index in [1.807, 2.05) is 31.3 Å². The summed E-state index contributed by atoms with van der Waals surface area (Å²) in [7, 11) is 1.94. The Kier molecular flexibility index (Phi) is 7.96. The zero-order chi connectivity index (χ0) is 13.1. The molecule has 0 aliphatic heterocycles. The third-order valence-corrected chi connectivity index (χ3v) is 2.35. The van der Waals surface area contributed by atoms with E-state index in [4.69, 9.17) is 15.2 Å². The fourth-order valence-corrected chi connectivity index (χ4v) is 1.37. The van der Waals surface area contributed by atoms with Crippen molar-refractivity contribution in [2.45, 2.75) is 0 Å². The highest BCUT2D eigenvalue weighted by molar-refractivity contribution is 5.41. The van der Waals surface area contributed by atoms with Crippen LogP contribution in [0.1, 0.15) is 0 Å². The molecule has 0 atom stereocenters. The Bertz CT molecular complexity index is 304. The molecule has 0 aliphatic rings. The summed E-state index contributed by atoms with van der Waals surface area (Å²) in [6.07, 6.45) is 0. The largest absolute Gasteiger partial charge is 0.491 e. The lowest BCUT2D eigenvalue weighted by atomic mass is 10.3. The van der Waals surface area contributed by atoms with Crippen molar-refractivity contribution >= 4 is 5.69 Å². The summed E-state index contributed by atoms with van der Waals surface area (Å²) in [4.78, 5) is 0. The standard InChI is InChI=1S/C13H23N3O2/c1-15-6-7-16-8-9-17-10-11-18-13-4-2-12(14)3-5-13/h2-5,15-16H,6-11,14H2,1H3. The Labute approximate surface area is 109 Å². The molecule has 4 N–H and O–H groups in total. The van der Waals surface area contributed by atoms with Gasteiger partial charge in [0.1, 0.15) is 12.4 Å². The van der Waals surface area contributed by atoms with E-state index in [1.54, 1.807) is 0 Å². The summed E-state index contributed by atoms with van der Waals surface area (Å²) in [5.74, 6) is 0.819. The van der Waals surface area contributed by atoms with Gasteiger partial charge in [-0.3, -0.25) is 0 Å². The molecule has 0 saturated heterocycles. The van der Waals surface area contributed by atoms with E-state index in [-0.39, 0.29) is 0 Å². The first-order valence-corrected chi connectivity index (χ1v) is 6.24. The molecule has 0 aromatic heterocycles. The van der Waals surface area contributed by atoms with Gasteiger partial charge in [-0.2, -0.15) is 0 Å². The molecule has 5 heteroatoms. The van der Waals surface area contributed by atoms with Gasteiger partial charge in [0.2, 0.25) is 0 Å². The summed E-state index contributed by atoms with van der Waals surface area (Å²) < 4.78 is 10.9. The van der Waals surface area contributed by atoms with Crippen LogP contribution in [0.15, 0.2) is 24.3 Å². The van der Waals surface area contributed by atoms with Crippen LogP contribution in [0, 0.1) is 0 Å². The first kappa shape index (κ1) is 14.8. The molecule has 1 aromatic rings. The van der Waals surface area contributed by atoms with E-state index in [0.717, 1.165) is 31.1 Å². The maximum absolute atomic E-state index is 5.58. The average Bonchev–Trinajstić information content (AvgIpc) is 2.39. The Hall–Kier alpha value is -1.30. The average molecular weight is 253 g/mol. The van der Waals surface area contributed by atoms with Crippen molar-refractivity contribution < 1.29 is 9.47 Å². The fraction of sp³-hybridized carbons (Fsp3) is 0.538. The van der Waals surface area contributed by atoms with Crippen molar-refractivity contribution in [3.05, 3.63) is 24.3 Å². The highest BCUT2D eigenvalue weighted by Gasteiger charge is 1.93. The minimum absolute atomic E-state index is 0.556. The lowest BCUT2D eigenvalue weighted by Gasteiger charge is -2.08. The molecular formula is C13H23N3O2. The van der Waals surface area contributed by atoms with Gasteiger partial charge in [0.15, 0.2) is 0 Å². The third kappa shape index (κ3) is 7.11. The maximum Gasteiger partial charge on any atom is 0.119 e. The second-order valence-electron chi connectivity index (χ2n) is 3.88. The smallest absolute Gasteiger partial charge is 0.119 e. The van der Waals surface area contributed by atoms with Crippen molar-refractivity contribution in [1.82, 2.24) is 10.6 Å². The molecule has 0 unspecified atom stereocenters. The van der Waals surface area contributed by atoms with E-state index in [0.29, 0.717) is 19.8 Å². The number of rotatable bonds is 10. The van der Waals surface area contributed by atoms with Crippen LogP contribution >= 0.6 is 0 Å². The van der Waals surface area contributed by atoms with Crippen LogP contribution in [0.2, 0.25) is 0 Å². The Morgan fingerprint density at radius 3 is 2.50 bits per heavy atom. The van der Waals surface area contributed by atoms with E-state index < -0.39 is 0 Å². The van der Waals surface area contributed by atoms with Crippen LogP contribution in [0.25, 0.3) is 0 Å². The topological polar surface area (TPSA) is 68.5 Å². The van der Waals surface area contributed by atoms with Gasteiger partial charge in [-0.1, -0.05) is 0 Å². The number of nitrogens with two attached hydrogens (primary N) is 1. The van der Waals surface area contributed by atoms with E-state index in [2.05, 4.69) is 10.6 Å². The first-order chi connectivity index (χ1) is 8.83. The lowest BCUT2D eigenvalue weighted by Crippen LogP contribution is -2.28. The highest BCUT2D eigenvalue weighted by atomic mass is 16.5. The number of nitrogen functional groups attached to an aromatic ring is 1. The molecule has 0 saturated carbocycles. The second kappa shape index (κ2) is 9.70. The van der Waals surface area contributed by atoms with Gasteiger partial charge < -0.3 is 25.8 Å². The molecule has 5 nitrogen and oxygen atoms in total. The van der Waals surface area contributed by atoms with E-state index in [9.17, 15) is 0 Å². The third-order valence-electron chi connectivity index (χ3n) is 2.35. The Morgan fingerprint density at radius 2 is 1.78 bits per heavy atom. The van der Waals surface area contributed by atoms with Crippen LogP contribution in [0.5, 0.6) is 5.75 Å². The molecule has 0 fully saturated rings. The minimum Gasteiger partial charge on any atom is -0.491 e. The second-order valence-corrected chi connectivity index (χ2v) is 3.88. The van der Waals surface area contributed by atoms with Crippen LogP contribution in [0.3, 0.4) is 0 Å². The zero-order valence-corrected chi connectivity index (χ0v) is 10.9. The molecule has 0 aliphatic carbocycles. The quantitative estimate of drug-likeness (QED) is 0.418. The molecule has 0 radical (unpaired) electrons. The maximum atomic E-state index is 5.58. The van der Waals surface area contributed by atoms with Gasteiger partial charge in [0.05, 0.1) is 13.2 Å². The SMILES string of the molecule is CNCCNCCOCCOc1ccc(N)cc1. The van der Waals surface area contributed by atoms with Crippen molar-refractivity contribution in [3.63, 3.8) is 0 Å². The Morgan fingerprint density at radius 1 is 1.00 bits per heavy atom. The van der Waals surface area contributed by atoms with Crippen molar-refractivity contribution in [3.8, 4) is 5.75 Å². The summed E-state index contributed by atoms with van der Waals surface area (Å²) in [5, 5.41) is 6.33. The van der Waals surface area contributed by atoms with Gasteiger partial charge in [0.25, 0.3) is 0 Å². The monoisotopic (exact) mass is 253 g/mol. The van der Waals surface area contributed by atoms with Crippen LogP contribution < -0.4 is 21.1 Å². The van der Waals surface area contributed by atoms with Gasteiger partial charge in [-0.15, -0.1) is 0 Å². The van der Waals surface area contributed by atoms with Gasteiger partial charge >= 0.3 is 0 Å². The van der Waals surface area contributed by atoms with E-state index >= 15 is 0 Å². The van der Waals surface area contributed by atoms with Gasteiger partial charge in [0, 0.05) is 25.3 Å². The Balaban J connectivity index is 1.91. The molecule has 18 heavy (non-hydrogen) atoms. The molecule has 0 amide bonds. The van der Waals surface area contributed by atoms with Crippen LogP contribution in [0.4, 0.5) is 5.69 Å². The number of benzene rings is 1. The molecule has 1 rings (SSSR count). The normalized spacial score (nSPS) is 10.5. The number of hydrogen-bond donors (Lipinski definition) is 3. The van der Waals surface area contributed by atoms with Gasteiger partial charge in [-0.25, -0.2) is 0 Å². The molecule has 0 bridgehead atoms. The first-order valence-electron chi connectivity index (χ1n) is 6.24. The fourth-order valence-electron chi connectivity index (χ4n) is 1.37. The van der Waals surface area contributed by atoms with E-state index in [1.165, 1.54) is 0 Å². The number of hydrogen-bond acceptors (Lipinski definition) is 5. The molecule has 0 heterocycles. The number of anilines is 1. The van der Waals surface area contributed by atoms with Crippen LogP contribution in [-0.2, 0) is 4.74 Å². The molecular weight excluding hydrogens is 230 g/mol. The number of nitrogens with one attached hydrogen (secondary N) is 2. The molecule has 0 spiro atoms. The zero-order valence-electron chi connectivity index (χ0n) is 10.9. The molecule has 1 aromatic carbocycles. The summed E-state index contributed by atoms with van der Waals surface area (Å²) >= 11 is 0. The predicted molar refractivity (Wildman–Crippen MR) is 74.0 cm³/mol. The van der Waals surface area contributed by atoms with Crippen molar-refractivity contribution in [2.24, 2.45) is 0 Å². The summed E-state index contributed by atoms with van der Waals surface area (Å²) in [6.45, 7) is 4.65. The minimum atomic E-state index is 0.556. The van der Waals surface area contributed by atoms with Crippen molar-refractivity contribution in [1.29, 1.82) is 0 Å². The summed E-state index contributed by atoms with van der Waals surface area (Å²) in [5.41, 5.74) is 6.32. The summed E-state index contributed by atoms with van der Waals surface area (Å²) in [6, 6.07) is 7.35. The van der Waals surface area contributed by atoms with Crippen LogP contribution in [-0.4, -0.2) is 46.5 Å². The molecule has 102 valence electrons. The van der Waals surface area contributed by atoms with Crippen molar-refractivity contribution in [2.75, 3.05) is 52.2 Å². The lowest BCUT2D eigenvalue weighted by molar-refractivity contribution is 0.102. The highest BCUT2D eigenvalue weighted by Crippen LogP contribution is 2.12. The van der Waals surface area contributed by atoms with Gasteiger partial charge in [-0.05, 0) is 31.3 Å². The number of likely N-dealkylation sites (N-methyl/N-ethyl adjacent to an activating group) is 1. The predicted octanol–water partition coefficient (Wildman–Crippen LogP) is 0.473. The number of ether oxygens (including phenoxy) is 2.